The average Bonchev–Trinajstić information content (AvgIpc) is 3.35. The van der Waals surface area contributed by atoms with Crippen molar-refractivity contribution in [1.29, 1.82) is 5.41 Å². The number of benzene rings is 4. The van der Waals surface area contributed by atoms with Crippen LogP contribution in [0.3, 0.4) is 0 Å². The minimum absolute atomic E-state index is 0.0570. The second-order valence-corrected chi connectivity index (χ2v) is 8.22. The SMILES string of the molecule is N=C(N=NN)c1cc(-c2ccccc2)ccc1NC(=O)OCc1cc2cc(-c3ccccc3)ccc2o1. The number of anilines is 1. The fourth-order valence-corrected chi connectivity index (χ4v) is 4.03. The molecule has 0 spiro atoms. The highest BCUT2D eigenvalue weighted by molar-refractivity contribution is 6.05. The maximum atomic E-state index is 12.6. The van der Waals surface area contributed by atoms with Gasteiger partial charge in [-0.05, 0) is 52.6 Å². The first-order valence-corrected chi connectivity index (χ1v) is 11.5. The summed E-state index contributed by atoms with van der Waals surface area (Å²) >= 11 is 0. The summed E-state index contributed by atoms with van der Waals surface area (Å²) in [5.74, 6) is 5.47. The van der Waals surface area contributed by atoms with Crippen LogP contribution in [0.1, 0.15) is 11.3 Å². The third-order valence-electron chi connectivity index (χ3n) is 5.80. The number of furan rings is 1. The molecule has 4 aromatic carbocycles. The zero-order valence-corrected chi connectivity index (χ0v) is 19.7. The Kier molecular flexibility index (Phi) is 6.72. The average molecular weight is 490 g/mol. The van der Waals surface area contributed by atoms with Crippen molar-refractivity contribution in [3.05, 3.63) is 114 Å². The quantitative estimate of drug-likeness (QED) is 0.0768. The number of carbonyl (C=O) groups is 1. The molecule has 0 radical (unpaired) electrons. The van der Waals surface area contributed by atoms with Gasteiger partial charge in [-0.2, -0.15) is 0 Å². The number of ether oxygens (including phenoxy) is 1. The summed E-state index contributed by atoms with van der Waals surface area (Å²) in [6, 6.07) is 32.8. The van der Waals surface area contributed by atoms with Gasteiger partial charge in [-0.25, -0.2) is 4.79 Å². The second-order valence-electron chi connectivity index (χ2n) is 8.22. The van der Waals surface area contributed by atoms with Crippen LogP contribution in [0.5, 0.6) is 0 Å². The van der Waals surface area contributed by atoms with Gasteiger partial charge in [0.2, 0.25) is 0 Å². The van der Waals surface area contributed by atoms with E-state index in [1.54, 1.807) is 12.1 Å². The first-order valence-electron chi connectivity index (χ1n) is 11.5. The van der Waals surface area contributed by atoms with Crippen molar-refractivity contribution in [2.75, 3.05) is 5.32 Å². The van der Waals surface area contributed by atoms with Gasteiger partial charge in [-0.3, -0.25) is 10.7 Å². The van der Waals surface area contributed by atoms with Crippen LogP contribution >= 0.6 is 0 Å². The molecule has 8 nitrogen and oxygen atoms in total. The summed E-state index contributed by atoms with van der Waals surface area (Å²) in [7, 11) is 0. The van der Waals surface area contributed by atoms with Crippen LogP contribution in [0.4, 0.5) is 10.5 Å². The van der Waals surface area contributed by atoms with Crippen molar-refractivity contribution in [2.45, 2.75) is 6.61 Å². The lowest BCUT2D eigenvalue weighted by molar-refractivity contribution is 0.147. The van der Waals surface area contributed by atoms with Crippen LogP contribution in [0.25, 0.3) is 33.2 Å². The molecule has 0 unspecified atom stereocenters. The van der Waals surface area contributed by atoms with E-state index in [-0.39, 0.29) is 12.4 Å². The zero-order valence-electron chi connectivity index (χ0n) is 19.7. The van der Waals surface area contributed by atoms with Crippen LogP contribution in [0, 0.1) is 5.41 Å². The van der Waals surface area contributed by atoms with Crippen LogP contribution in [0.15, 0.2) is 118 Å². The van der Waals surface area contributed by atoms with Gasteiger partial charge in [0, 0.05) is 10.9 Å². The van der Waals surface area contributed by atoms with Crippen molar-refractivity contribution in [1.82, 2.24) is 0 Å². The van der Waals surface area contributed by atoms with Gasteiger partial charge in [-0.15, -0.1) is 5.11 Å². The lowest BCUT2D eigenvalue weighted by Crippen LogP contribution is -2.15. The molecule has 0 atom stereocenters. The molecule has 1 aromatic heterocycles. The summed E-state index contributed by atoms with van der Waals surface area (Å²) in [5.41, 5.74) is 5.39. The lowest BCUT2D eigenvalue weighted by Gasteiger charge is -2.12. The third kappa shape index (κ3) is 5.38. The molecule has 0 bridgehead atoms. The Hall–Kier alpha value is -5.24. The molecule has 0 fully saturated rings. The number of hydrogen-bond donors (Lipinski definition) is 3. The maximum Gasteiger partial charge on any atom is 0.412 e. The largest absolute Gasteiger partial charge is 0.457 e. The van der Waals surface area contributed by atoms with E-state index in [0.717, 1.165) is 27.6 Å². The molecule has 0 aliphatic rings. The summed E-state index contributed by atoms with van der Waals surface area (Å²) in [6.45, 7) is -0.0570. The molecule has 8 heteroatoms. The minimum atomic E-state index is -0.698. The summed E-state index contributed by atoms with van der Waals surface area (Å²) < 4.78 is 11.2. The van der Waals surface area contributed by atoms with E-state index in [9.17, 15) is 4.79 Å². The standard InChI is InChI=1S/C29H23N5O3/c30-28(33-34-31)25-17-22(20-9-5-2-6-10-20)11-13-26(25)32-29(35)36-18-24-16-23-15-21(12-14-27(23)37-24)19-7-3-1-4-8-19/h1-17H,18H2,(H,32,35)(H3,30,31,33). The fourth-order valence-electron chi connectivity index (χ4n) is 4.03. The number of amides is 1. The van der Waals surface area contributed by atoms with E-state index in [1.807, 2.05) is 91.0 Å². The maximum absolute atomic E-state index is 12.6. The predicted molar refractivity (Wildman–Crippen MR) is 143 cm³/mol. The monoisotopic (exact) mass is 489 g/mol. The Morgan fingerprint density at radius 2 is 1.49 bits per heavy atom. The number of nitrogens with two attached hydrogens (primary N) is 1. The molecule has 37 heavy (non-hydrogen) atoms. The Morgan fingerprint density at radius 1 is 0.838 bits per heavy atom. The summed E-state index contributed by atoms with van der Waals surface area (Å²) in [4.78, 5) is 12.6. The molecule has 0 aliphatic heterocycles. The Balaban J connectivity index is 1.30. The van der Waals surface area contributed by atoms with Crippen molar-refractivity contribution >= 4 is 28.6 Å². The molecule has 1 amide bonds. The molecular formula is C29H23N5O3. The predicted octanol–water partition coefficient (Wildman–Crippen LogP) is 7.17. The highest BCUT2D eigenvalue weighted by Crippen LogP contribution is 2.28. The second kappa shape index (κ2) is 10.6. The van der Waals surface area contributed by atoms with E-state index < -0.39 is 6.09 Å². The third-order valence-corrected chi connectivity index (χ3v) is 5.80. The van der Waals surface area contributed by atoms with Gasteiger partial charge in [0.05, 0.1) is 5.69 Å². The highest BCUT2D eigenvalue weighted by Gasteiger charge is 2.15. The first-order chi connectivity index (χ1) is 18.1. The van der Waals surface area contributed by atoms with Gasteiger partial charge in [0.25, 0.3) is 0 Å². The van der Waals surface area contributed by atoms with Crippen LogP contribution in [0.2, 0.25) is 0 Å². The number of fused-ring (bicyclic) bond motifs is 1. The zero-order chi connectivity index (χ0) is 25.6. The molecule has 5 aromatic rings. The number of rotatable bonds is 6. The Bertz CT molecular complexity index is 1590. The van der Waals surface area contributed by atoms with Gasteiger partial charge < -0.3 is 15.0 Å². The normalized spacial score (nSPS) is 11.0. The van der Waals surface area contributed by atoms with E-state index in [1.165, 1.54) is 0 Å². The van der Waals surface area contributed by atoms with Gasteiger partial charge in [0.1, 0.15) is 11.3 Å². The van der Waals surface area contributed by atoms with E-state index in [0.29, 0.717) is 22.6 Å². The fraction of sp³-hybridized carbons (Fsp3) is 0.0345. The summed E-state index contributed by atoms with van der Waals surface area (Å²) in [6.07, 6.45) is -0.698. The molecule has 0 saturated heterocycles. The smallest absolute Gasteiger partial charge is 0.412 e. The van der Waals surface area contributed by atoms with Gasteiger partial charge in [-0.1, -0.05) is 78.0 Å². The molecule has 0 saturated carbocycles. The number of nitrogens with zero attached hydrogens (tertiary/aromatic N) is 2. The topological polar surface area (TPSA) is 126 Å². The molecule has 0 aliphatic carbocycles. The molecular weight excluding hydrogens is 466 g/mol. The first kappa shape index (κ1) is 23.5. The van der Waals surface area contributed by atoms with Gasteiger partial charge in [0.15, 0.2) is 12.4 Å². The number of carbonyl (C=O) groups excluding carboxylic acids is 1. The van der Waals surface area contributed by atoms with Gasteiger partial charge >= 0.3 is 6.09 Å². The number of amidine groups is 1. The van der Waals surface area contributed by atoms with Crippen LogP contribution < -0.4 is 11.2 Å². The van der Waals surface area contributed by atoms with Crippen molar-refractivity contribution in [3.8, 4) is 22.3 Å². The van der Waals surface area contributed by atoms with Crippen molar-refractivity contribution in [3.63, 3.8) is 0 Å². The van der Waals surface area contributed by atoms with E-state index in [4.69, 9.17) is 20.4 Å². The van der Waals surface area contributed by atoms with Crippen LogP contribution in [-0.4, -0.2) is 11.9 Å². The molecule has 1 heterocycles. The summed E-state index contributed by atoms with van der Waals surface area (Å²) in [5, 5.41) is 18.6. The van der Waals surface area contributed by atoms with Crippen molar-refractivity contribution in [2.24, 2.45) is 16.2 Å². The number of nitrogens with one attached hydrogen (secondary N) is 2. The Labute approximate surface area is 212 Å². The molecule has 4 N–H and O–H groups in total. The minimum Gasteiger partial charge on any atom is -0.457 e. The van der Waals surface area contributed by atoms with Crippen LogP contribution in [-0.2, 0) is 11.3 Å². The van der Waals surface area contributed by atoms with E-state index >= 15 is 0 Å². The Morgan fingerprint density at radius 3 is 2.16 bits per heavy atom. The number of hydrogen-bond acceptors (Lipinski definition) is 5. The van der Waals surface area contributed by atoms with E-state index in [2.05, 4.69) is 15.7 Å². The lowest BCUT2D eigenvalue weighted by atomic mass is 10.0. The molecule has 5 rings (SSSR count). The highest BCUT2D eigenvalue weighted by atomic mass is 16.6. The molecule has 182 valence electrons. The van der Waals surface area contributed by atoms with Crippen molar-refractivity contribution < 1.29 is 13.9 Å².